The Morgan fingerprint density at radius 1 is 1.08 bits per heavy atom. The summed E-state index contributed by atoms with van der Waals surface area (Å²) in [7, 11) is 0. The van der Waals surface area contributed by atoms with Gasteiger partial charge in [0.15, 0.2) is 0 Å². The van der Waals surface area contributed by atoms with E-state index >= 15 is 0 Å². The highest BCUT2D eigenvalue weighted by Crippen LogP contribution is 2.02. The average Bonchev–Trinajstić information content (AvgIpc) is 2.77. The standard InChI is InChI=1S/C7H7Br.C4H8O/c8-6-7-4-2-1-3-5-7;1-2-4-5-3-1/h1-5H,6H2;1-4H2. The van der Waals surface area contributed by atoms with Crippen LogP contribution in [0.25, 0.3) is 0 Å². The first-order valence-corrected chi connectivity index (χ1v) is 5.73. The van der Waals surface area contributed by atoms with Crippen molar-refractivity contribution in [2.75, 3.05) is 13.2 Å². The summed E-state index contributed by atoms with van der Waals surface area (Å²) in [6.07, 6.45) is 2.56. The van der Waals surface area contributed by atoms with E-state index in [2.05, 4.69) is 28.1 Å². The van der Waals surface area contributed by atoms with E-state index in [-0.39, 0.29) is 0 Å². The fraction of sp³-hybridized carbons (Fsp3) is 0.455. The van der Waals surface area contributed by atoms with Crippen LogP contribution >= 0.6 is 15.9 Å². The largest absolute Gasteiger partial charge is 0.381 e. The number of benzene rings is 1. The van der Waals surface area contributed by atoms with Crippen LogP contribution in [-0.4, -0.2) is 13.2 Å². The van der Waals surface area contributed by atoms with Crippen LogP contribution < -0.4 is 0 Å². The molecule has 1 aliphatic heterocycles. The molecule has 0 aliphatic carbocycles. The van der Waals surface area contributed by atoms with Crippen LogP contribution in [-0.2, 0) is 10.1 Å². The van der Waals surface area contributed by atoms with Crippen molar-refractivity contribution in [1.82, 2.24) is 0 Å². The highest BCUT2D eigenvalue weighted by molar-refractivity contribution is 9.08. The Bertz CT molecular complexity index is 199. The molecule has 1 aromatic rings. The SMILES string of the molecule is BrCc1ccccc1.C1CCOC1. The summed E-state index contributed by atoms with van der Waals surface area (Å²) in [5, 5.41) is 0.952. The van der Waals surface area contributed by atoms with Gasteiger partial charge in [-0.05, 0) is 18.4 Å². The van der Waals surface area contributed by atoms with Gasteiger partial charge in [-0.15, -0.1) is 0 Å². The summed E-state index contributed by atoms with van der Waals surface area (Å²) in [6.45, 7) is 2.00. The summed E-state index contributed by atoms with van der Waals surface area (Å²) >= 11 is 3.36. The molecule has 0 saturated carbocycles. The molecule has 1 nitrogen and oxygen atoms in total. The third-order valence-corrected chi connectivity index (χ3v) is 2.47. The van der Waals surface area contributed by atoms with Gasteiger partial charge in [0.2, 0.25) is 0 Å². The summed E-state index contributed by atoms with van der Waals surface area (Å²) in [5.74, 6) is 0. The van der Waals surface area contributed by atoms with Crippen LogP contribution in [0.2, 0.25) is 0 Å². The molecule has 0 aromatic heterocycles. The maximum Gasteiger partial charge on any atom is 0.0466 e. The van der Waals surface area contributed by atoms with Crippen LogP contribution in [0, 0.1) is 0 Å². The van der Waals surface area contributed by atoms with Crippen molar-refractivity contribution in [2.45, 2.75) is 18.2 Å². The van der Waals surface area contributed by atoms with Gasteiger partial charge in [-0.3, -0.25) is 0 Å². The number of halogens is 1. The van der Waals surface area contributed by atoms with Crippen molar-refractivity contribution in [1.29, 1.82) is 0 Å². The maximum atomic E-state index is 4.94. The second kappa shape index (κ2) is 7.10. The Kier molecular flexibility index (Phi) is 5.87. The molecular formula is C11H15BrO. The lowest BCUT2D eigenvalue weighted by molar-refractivity contribution is 0.198. The van der Waals surface area contributed by atoms with E-state index in [1.807, 2.05) is 18.2 Å². The zero-order valence-electron chi connectivity index (χ0n) is 7.71. The molecule has 0 N–H and O–H groups in total. The molecule has 0 radical (unpaired) electrons. The lowest BCUT2D eigenvalue weighted by Crippen LogP contribution is -1.74. The molecule has 2 heteroatoms. The van der Waals surface area contributed by atoms with Crippen molar-refractivity contribution >= 4 is 15.9 Å². The first-order valence-electron chi connectivity index (χ1n) is 4.61. The maximum absolute atomic E-state index is 4.94. The predicted molar refractivity (Wildman–Crippen MR) is 59.1 cm³/mol. The monoisotopic (exact) mass is 242 g/mol. The Morgan fingerprint density at radius 2 is 1.69 bits per heavy atom. The van der Waals surface area contributed by atoms with E-state index in [0.29, 0.717) is 0 Å². The van der Waals surface area contributed by atoms with Gasteiger partial charge >= 0.3 is 0 Å². The van der Waals surface area contributed by atoms with Crippen molar-refractivity contribution in [3.63, 3.8) is 0 Å². The van der Waals surface area contributed by atoms with Gasteiger partial charge in [-0.25, -0.2) is 0 Å². The quantitative estimate of drug-likeness (QED) is 0.687. The predicted octanol–water partition coefficient (Wildman–Crippen LogP) is 3.38. The van der Waals surface area contributed by atoms with Gasteiger partial charge in [0.05, 0.1) is 0 Å². The Hall–Kier alpha value is -0.340. The van der Waals surface area contributed by atoms with Gasteiger partial charge in [0.1, 0.15) is 0 Å². The fourth-order valence-corrected chi connectivity index (χ4v) is 1.45. The second-order valence-electron chi connectivity index (χ2n) is 2.94. The molecule has 72 valence electrons. The molecule has 1 heterocycles. The Morgan fingerprint density at radius 3 is 2.00 bits per heavy atom. The van der Waals surface area contributed by atoms with Gasteiger partial charge in [-0.2, -0.15) is 0 Å². The lowest BCUT2D eigenvalue weighted by atomic mass is 10.2. The second-order valence-corrected chi connectivity index (χ2v) is 3.50. The summed E-state index contributed by atoms with van der Waals surface area (Å²) in [6, 6.07) is 10.3. The molecule has 0 bridgehead atoms. The molecule has 0 spiro atoms. The molecule has 0 atom stereocenters. The van der Waals surface area contributed by atoms with Crippen LogP contribution in [0.5, 0.6) is 0 Å². The summed E-state index contributed by atoms with van der Waals surface area (Å²) in [4.78, 5) is 0. The van der Waals surface area contributed by atoms with E-state index in [0.717, 1.165) is 18.5 Å². The van der Waals surface area contributed by atoms with Crippen LogP contribution in [0.15, 0.2) is 30.3 Å². The number of alkyl halides is 1. The highest BCUT2D eigenvalue weighted by Gasteiger charge is 1.94. The third-order valence-electron chi connectivity index (χ3n) is 1.82. The molecule has 1 aliphatic rings. The van der Waals surface area contributed by atoms with Crippen LogP contribution in [0.3, 0.4) is 0 Å². The lowest BCUT2D eigenvalue weighted by Gasteiger charge is -1.88. The van der Waals surface area contributed by atoms with Crippen molar-refractivity contribution in [3.8, 4) is 0 Å². The van der Waals surface area contributed by atoms with E-state index in [1.54, 1.807) is 0 Å². The van der Waals surface area contributed by atoms with Crippen molar-refractivity contribution in [2.24, 2.45) is 0 Å². The first-order chi connectivity index (χ1) is 6.43. The van der Waals surface area contributed by atoms with Gasteiger partial charge in [0, 0.05) is 18.5 Å². The Balaban J connectivity index is 0.000000145. The number of ether oxygens (including phenoxy) is 1. The van der Waals surface area contributed by atoms with Gasteiger partial charge in [0.25, 0.3) is 0 Å². The summed E-state index contributed by atoms with van der Waals surface area (Å²) in [5.41, 5.74) is 1.33. The summed E-state index contributed by atoms with van der Waals surface area (Å²) < 4.78 is 4.94. The molecule has 2 rings (SSSR count). The minimum atomic E-state index is 0.952. The number of hydrogen-bond donors (Lipinski definition) is 0. The number of hydrogen-bond acceptors (Lipinski definition) is 1. The van der Waals surface area contributed by atoms with E-state index < -0.39 is 0 Å². The van der Waals surface area contributed by atoms with E-state index in [4.69, 9.17) is 4.74 Å². The van der Waals surface area contributed by atoms with Gasteiger partial charge in [-0.1, -0.05) is 46.3 Å². The highest BCUT2D eigenvalue weighted by atomic mass is 79.9. The fourth-order valence-electron chi connectivity index (χ4n) is 1.08. The van der Waals surface area contributed by atoms with Crippen molar-refractivity contribution < 1.29 is 4.74 Å². The zero-order chi connectivity index (χ0) is 9.36. The first kappa shape index (κ1) is 10.7. The van der Waals surface area contributed by atoms with Gasteiger partial charge < -0.3 is 4.74 Å². The molecule has 0 unspecified atom stereocenters. The number of rotatable bonds is 1. The minimum absolute atomic E-state index is 0.952. The molecule has 1 fully saturated rings. The van der Waals surface area contributed by atoms with Crippen LogP contribution in [0.1, 0.15) is 18.4 Å². The van der Waals surface area contributed by atoms with E-state index in [1.165, 1.54) is 18.4 Å². The minimum Gasteiger partial charge on any atom is -0.381 e. The van der Waals surface area contributed by atoms with E-state index in [9.17, 15) is 0 Å². The topological polar surface area (TPSA) is 9.23 Å². The Labute approximate surface area is 88.2 Å². The molecule has 13 heavy (non-hydrogen) atoms. The molecule has 0 amide bonds. The van der Waals surface area contributed by atoms with Crippen LogP contribution in [0.4, 0.5) is 0 Å². The molecule has 1 aromatic carbocycles. The smallest absolute Gasteiger partial charge is 0.0466 e. The normalized spacial score (nSPS) is 14.8. The third kappa shape index (κ3) is 5.06. The zero-order valence-corrected chi connectivity index (χ0v) is 9.29. The molecule has 1 saturated heterocycles. The average molecular weight is 243 g/mol. The molecular weight excluding hydrogens is 228 g/mol. The van der Waals surface area contributed by atoms with Crippen molar-refractivity contribution in [3.05, 3.63) is 35.9 Å².